The van der Waals surface area contributed by atoms with Crippen LogP contribution in [0.5, 0.6) is 0 Å². The second-order valence-electron chi connectivity index (χ2n) is 3.02. The van der Waals surface area contributed by atoms with Gasteiger partial charge in [0.2, 0.25) is 0 Å². The normalized spacial score (nSPS) is 17.3. The monoisotopic (exact) mass is 158 g/mol. The number of H-pyrrole nitrogens is 1. The van der Waals surface area contributed by atoms with Crippen LogP contribution in [0, 0.1) is 0 Å². The summed E-state index contributed by atoms with van der Waals surface area (Å²) in [5, 5.41) is 1.64. The van der Waals surface area contributed by atoms with Gasteiger partial charge in [0.1, 0.15) is 0 Å². The van der Waals surface area contributed by atoms with Crippen LogP contribution in [0.2, 0.25) is 0 Å². The molecule has 1 aromatic heterocycles. The van der Waals surface area contributed by atoms with Gasteiger partial charge >= 0.3 is 0 Å². The molecule has 0 saturated carbocycles. The predicted molar refractivity (Wildman–Crippen MR) is 44.7 cm³/mol. The minimum atomic E-state index is -0.0191. The lowest BCUT2D eigenvalue weighted by atomic mass is 10.2. The van der Waals surface area contributed by atoms with Gasteiger partial charge in [-0.05, 0) is 11.1 Å². The van der Waals surface area contributed by atoms with Crippen molar-refractivity contribution in [2.45, 2.75) is 6.42 Å². The topological polar surface area (TPSA) is 45.8 Å². The van der Waals surface area contributed by atoms with Gasteiger partial charge in [0.15, 0.2) is 0 Å². The Kier molecular flexibility index (Phi) is 0.864. The molecule has 0 amide bonds. The Morgan fingerprint density at radius 3 is 3.00 bits per heavy atom. The number of aromatic nitrogens is 2. The van der Waals surface area contributed by atoms with Gasteiger partial charge in [0, 0.05) is 6.42 Å². The van der Waals surface area contributed by atoms with Crippen molar-refractivity contribution >= 4 is 11.1 Å². The molecular weight excluding hydrogens is 152 g/mol. The zero-order valence-electron chi connectivity index (χ0n) is 6.29. The Labute approximate surface area is 67.8 Å². The fourth-order valence-electron chi connectivity index (χ4n) is 1.80. The first-order valence-corrected chi connectivity index (χ1v) is 3.84. The average molecular weight is 158 g/mol. The molecule has 0 aromatic carbocycles. The lowest BCUT2D eigenvalue weighted by Gasteiger charge is -1.89. The Hall–Kier alpha value is -1.64. The lowest BCUT2D eigenvalue weighted by Crippen LogP contribution is -2.42. The van der Waals surface area contributed by atoms with Gasteiger partial charge in [-0.1, -0.05) is 12.2 Å². The Bertz CT molecular complexity index is 563. The standard InChI is InChI=1S/C9H6N2O/c12-9-7-5-1-2-6(3-5)8(7)10-4-11-9/h1-2,4H,3H2,(H,10,11,12). The van der Waals surface area contributed by atoms with Crippen LogP contribution in [-0.2, 0) is 0 Å². The van der Waals surface area contributed by atoms with Crippen LogP contribution in [0.1, 0.15) is 6.42 Å². The smallest absolute Gasteiger partial charge is 0.258 e. The molecule has 0 aliphatic heterocycles. The summed E-state index contributed by atoms with van der Waals surface area (Å²) in [6, 6.07) is 0. The number of nitrogens with one attached hydrogen (secondary N) is 1. The van der Waals surface area contributed by atoms with Crippen LogP contribution in [-0.4, -0.2) is 9.97 Å². The Morgan fingerprint density at radius 1 is 1.33 bits per heavy atom. The second-order valence-corrected chi connectivity index (χ2v) is 3.02. The summed E-state index contributed by atoms with van der Waals surface area (Å²) in [4.78, 5) is 18.1. The quantitative estimate of drug-likeness (QED) is 0.529. The molecule has 3 heteroatoms. The van der Waals surface area contributed by atoms with E-state index in [1.54, 1.807) is 0 Å². The molecule has 1 N–H and O–H groups in total. The molecule has 0 fully saturated rings. The highest BCUT2D eigenvalue weighted by Crippen LogP contribution is 2.23. The van der Waals surface area contributed by atoms with Crippen molar-refractivity contribution in [2.75, 3.05) is 0 Å². The second kappa shape index (κ2) is 1.75. The van der Waals surface area contributed by atoms with Crippen LogP contribution >= 0.6 is 0 Å². The first-order chi connectivity index (χ1) is 5.86. The summed E-state index contributed by atoms with van der Waals surface area (Å²) >= 11 is 0. The van der Waals surface area contributed by atoms with Gasteiger partial charge in [-0.2, -0.15) is 0 Å². The number of hydrogen-bond acceptors (Lipinski definition) is 2. The third kappa shape index (κ3) is 0.525. The number of aromatic amines is 1. The summed E-state index contributed by atoms with van der Waals surface area (Å²) in [5.41, 5.74) is 2.26. The minimum absolute atomic E-state index is 0.0191. The molecule has 58 valence electrons. The van der Waals surface area contributed by atoms with Crippen molar-refractivity contribution in [3.63, 3.8) is 0 Å². The molecule has 1 heterocycles. The molecule has 2 aliphatic rings. The van der Waals surface area contributed by atoms with Crippen LogP contribution in [0.3, 0.4) is 0 Å². The zero-order chi connectivity index (χ0) is 8.13. The highest BCUT2D eigenvalue weighted by Gasteiger charge is 2.17. The number of fused-ring (bicyclic) bond motifs is 3. The molecule has 2 bridgehead atoms. The molecule has 12 heavy (non-hydrogen) atoms. The number of hydrogen-bond donors (Lipinski definition) is 1. The van der Waals surface area contributed by atoms with E-state index in [0.717, 1.165) is 22.6 Å². The largest absolute Gasteiger partial charge is 0.313 e. The van der Waals surface area contributed by atoms with E-state index < -0.39 is 0 Å². The molecule has 0 unspecified atom stereocenters. The summed E-state index contributed by atoms with van der Waals surface area (Å²) in [6.45, 7) is 0. The van der Waals surface area contributed by atoms with Crippen LogP contribution in [0.15, 0.2) is 23.3 Å². The maximum atomic E-state index is 11.3. The van der Waals surface area contributed by atoms with Gasteiger partial charge in [0.25, 0.3) is 5.56 Å². The fraction of sp³-hybridized carbons (Fsp3) is 0.111. The molecule has 2 aliphatic carbocycles. The highest BCUT2D eigenvalue weighted by molar-refractivity contribution is 5.84. The van der Waals surface area contributed by atoms with Gasteiger partial charge in [-0.15, -0.1) is 0 Å². The molecule has 0 saturated heterocycles. The summed E-state index contributed by atoms with van der Waals surface area (Å²) in [6.07, 6.45) is 6.37. The molecule has 0 atom stereocenters. The average Bonchev–Trinajstić information content (AvgIpc) is 2.64. The summed E-state index contributed by atoms with van der Waals surface area (Å²) < 4.78 is 0. The van der Waals surface area contributed by atoms with Gasteiger partial charge in [-0.25, -0.2) is 4.98 Å². The third-order valence-corrected chi connectivity index (χ3v) is 2.35. The van der Waals surface area contributed by atoms with E-state index in [4.69, 9.17) is 0 Å². The molecule has 3 nitrogen and oxygen atoms in total. The number of rotatable bonds is 0. The van der Waals surface area contributed by atoms with Crippen molar-refractivity contribution in [1.29, 1.82) is 0 Å². The molecule has 0 spiro atoms. The zero-order valence-corrected chi connectivity index (χ0v) is 6.29. The summed E-state index contributed by atoms with van der Waals surface area (Å²) in [7, 11) is 0. The van der Waals surface area contributed by atoms with Gasteiger partial charge < -0.3 is 4.98 Å². The van der Waals surface area contributed by atoms with E-state index in [-0.39, 0.29) is 5.56 Å². The first kappa shape index (κ1) is 5.94. The van der Waals surface area contributed by atoms with E-state index >= 15 is 0 Å². The first-order valence-electron chi connectivity index (χ1n) is 3.84. The van der Waals surface area contributed by atoms with E-state index in [2.05, 4.69) is 9.97 Å². The fourth-order valence-corrected chi connectivity index (χ4v) is 1.80. The molecule has 0 radical (unpaired) electrons. The minimum Gasteiger partial charge on any atom is -0.313 e. The van der Waals surface area contributed by atoms with Gasteiger partial charge in [-0.3, -0.25) is 4.79 Å². The lowest BCUT2D eigenvalue weighted by molar-refractivity contribution is 1.05. The number of nitrogens with zero attached hydrogens (tertiary/aromatic N) is 1. The Morgan fingerprint density at radius 2 is 2.17 bits per heavy atom. The van der Waals surface area contributed by atoms with E-state index in [1.807, 2.05) is 12.2 Å². The van der Waals surface area contributed by atoms with Crippen molar-refractivity contribution in [1.82, 2.24) is 9.97 Å². The van der Waals surface area contributed by atoms with Crippen molar-refractivity contribution in [2.24, 2.45) is 0 Å². The van der Waals surface area contributed by atoms with E-state index in [0.29, 0.717) is 0 Å². The van der Waals surface area contributed by atoms with Crippen molar-refractivity contribution < 1.29 is 0 Å². The maximum Gasteiger partial charge on any atom is 0.258 e. The van der Waals surface area contributed by atoms with E-state index in [1.165, 1.54) is 11.9 Å². The Balaban J connectivity index is 2.77. The molecule has 1 aromatic rings. The third-order valence-electron chi connectivity index (χ3n) is 2.35. The van der Waals surface area contributed by atoms with Gasteiger partial charge in [0.05, 0.1) is 16.9 Å². The van der Waals surface area contributed by atoms with Crippen LogP contribution < -0.4 is 16.1 Å². The van der Waals surface area contributed by atoms with Crippen molar-refractivity contribution in [3.8, 4) is 0 Å². The van der Waals surface area contributed by atoms with Crippen LogP contribution in [0.4, 0.5) is 0 Å². The molecule has 3 rings (SSSR count). The summed E-state index contributed by atoms with van der Waals surface area (Å²) in [5.74, 6) is 0. The van der Waals surface area contributed by atoms with E-state index in [9.17, 15) is 4.79 Å². The highest BCUT2D eigenvalue weighted by atomic mass is 16.1. The maximum absolute atomic E-state index is 11.3. The van der Waals surface area contributed by atoms with Crippen LogP contribution in [0.25, 0.3) is 11.1 Å². The molecular formula is C9H6N2O. The van der Waals surface area contributed by atoms with Crippen molar-refractivity contribution in [3.05, 3.63) is 39.4 Å². The SMILES string of the molecule is O=c1[nH]cnc2c1=C1C=CC=2C1. The number of allylic oxidation sites excluding steroid dienone is 2. The predicted octanol–water partition coefficient (Wildman–Crippen LogP) is -0.955.